The first-order valence-corrected chi connectivity index (χ1v) is 9.25. The van der Waals surface area contributed by atoms with Crippen molar-refractivity contribution in [3.63, 3.8) is 0 Å². The Hall–Kier alpha value is -1.63. The van der Waals surface area contributed by atoms with Crippen LogP contribution in [0, 0.1) is 0 Å². The Kier molecular flexibility index (Phi) is 4.31. The minimum Gasteiger partial charge on any atom is -0.466 e. The molecule has 0 unspecified atom stereocenters. The van der Waals surface area contributed by atoms with Crippen LogP contribution in [0.3, 0.4) is 0 Å². The highest BCUT2D eigenvalue weighted by Gasteiger charge is 2.29. The SMILES string of the molecule is C[C@@](O)(CNS(=O)(=O)c1ccc2c(c1)CCCC2)c1ccco1. The Balaban J connectivity index is 1.77. The summed E-state index contributed by atoms with van der Waals surface area (Å²) in [6.07, 6.45) is 5.63. The quantitative estimate of drug-likeness (QED) is 0.879. The van der Waals surface area contributed by atoms with Gasteiger partial charge in [0.05, 0.1) is 11.2 Å². The first-order valence-electron chi connectivity index (χ1n) is 7.76. The van der Waals surface area contributed by atoms with E-state index < -0.39 is 15.6 Å². The molecule has 23 heavy (non-hydrogen) atoms. The molecular weight excluding hydrogens is 314 g/mol. The lowest BCUT2D eigenvalue weighted by Crippen LogP contribution is -2.38. The summed E-state index contributed by atoms with van der Waals surface area (Å²) in [6, 6.07) is 8.55. The van der Waals surface area contributed by atoms with E-state index in [-0.39, 0.29) is 11.4 Å². The molecule has 0 bridgehead atoms. The molecule has 0 aliphatic heterocycles. The fourth-order valence-electron chi connectivity index (χ4n) is 2.87. The van der Waals surface area contributed by atoms with Gasteiger partial charge in [0.1, 0.15) is 11.4 Å². The fraction of sp³-hybridized carbons (Fsp3) is 0.412. The highest BCUT2D eigenvalue weighted by molar-refractivity contribution is 7.89. The molecule has 0 fully saturated rings. The molecule has 0 saturated carbocycles. The van der Waals surface area contributed by atoms with E-state index in [4.69, 9.17) is 4.42 Å². The van der Waals surface area contributed by atoms with Crippen molar-refractivity contribution in [1.82, 2.24) is 4.72 Å². The van der Waals surface area contributed by atoms with Crippen molar-refractivity contribution in [2.45, 2.75) is 43.1 Å². The monoisotopic (exact) mass is 335 g/mol. The summed E-state index contributed by atoms with van der Waals surface area (Å²) >= 11 is 0. The number of aryl methyl sites for hydroxylation is 2. The topological polar surface area (TPSA) is 79.5 Å². The second kappa shape index (κ2) is 6.11. The highest BCUT2D eigenvalue weighted by atomic mass is 32.2. The predicted octanol–water partition coefficient (Wildman–Crippen LogP) is 2.34. The number of benzene rings is 1. The van der Waals surface area contributed by atoms with E-state index in [1.807, 2.05) is 6.07 Å². The van der Waals surface area contributed by atoms with Crippen LogP contribution in [0.25, 0.3) is 0 Å². The minimum absolute atomic E-state index is 0.153. The van der Waals surface area contributed by atoms with Crippen molar-refractivity contribution in [2.75, 3.05) is 6.54 Å². The first-order chi connectivity index (χ1) is 10.9. The van der Waals surface area contributed by atoms with Crippen LogP contribution >= 0.6 is 0 Å². The van der Waals surface area contributed by atoms with Crippen molar-refractivity contribution in [3.8, 4) is 0 Å². The molecule has 0 amide bonds. The summed E-state index contributed by atoms with van der Waals surface area (Å²) in [5.74, 6) is 0.325. The average Bonchev–Trinajstić information content (AvgIpc) is 3.08. The predicted molar refractivity (Wildman–Crippen MR) is 86.6 cm³/mol. The molecule has 124 valence electrons. The van der Waals surface area contributed by atoms with Gasteiger partial charge >= 0.3 is 0 Å². The second-order valence-corrected chi connectivity index (χ2v) is 7.98. The van der Waals surface area contributed by atoms with Gasteiger partial charge in [0.25, 0.3) is 0 Å². The molecule has 0 spiro atoms. The second-order valence-electron chi connectivity index (χ2n) is 6.21. The fourth-order valence-corrected chi connectivity index (χ4v) is 4.05. The highest BCUT2D eigenvalue weighted by Crippen LogP contribution is 2.25. The van der Waals surface area contributed by atoms with Gasteiger partial charge in [0, 0.05) is 6.54 Å². The Labute approximate surface area is 136 Å². The standard InChI is InChI=1S/C17H21NO4S/c1-17(19,16-7-4-10-22-16)12-18-23(20,21)15-9-8-13-5-2-3-6-14(13)11-15/h4,7-11,18-19H,2-3,5-6,12H2,1H3/t17-/m1/s1. The molecule has 1 aliphatic rings. The Morgan fingerprint density at radius 1 is 1.22 bits per heavy atom. The number of hydrogen-bond donors (Lipinski definition) is 2. The number of furan rings is 1. The van der Waals surface area contributed by atoms with Crippen molar-refractivity contribution in [2.24, 2.45) is 0 Å². The van der Waals surface area contributed by atoms with Crippen LogP contribution in [0.5, 0.6) is 0 Å². The van der Waals surface area contributed by atoms with Gasteiger partial charge < -0.3 is 9.52 Å². The molecule has 2 aromatic rings. The van der Waals surface area contributed by atoms with E-state index >= 15 is 0 Å². The number of sulfonamides is 1. The van der Waals surface area contributed by atoms with E-state index in [0.29, 0.717) is 5.76 Å². The van der Waals surface area contributed by atoms with Crippen molar-refractivity contribution >= 4 is 10.0 Å². The molecule has 1 aliphatic carbocycles. The van der Waals surface area contributed by atoms with Crippen LogP contribution in [-0.4, -0.2) is 20.1 Å². The summed E-state index contributed by atoms with van der Waals surface area (Å²) in [6.45, 7) is 1.36. The molecule has 1 heterocycles. The van der Waals surface area contributed by atoms with Crippen LogP contribution in [0.15, 0.2) is 45.9 Å². The van der Waals surface area contributed by atoms with E-state index in [9.17, 15) is 13.5 Å². The number of nitrogens with one attached hydrogen (secondary N) is 1. The molecule has 3 rings (SSSR count). The van der Waals surface area contributed by atoms with Crippen molar-refractivity contribution in [1.29, 1.82) is 0 Å². The summed E-state index contributed by atoms with van der Waals surface area (Å²) in [7, 11) is -3.67. The molecule has 0 radical (unpaired) electrons. The zero-order valence-electron chi connectivity index (χ0n) is 13.1. The largest absolute Gasteiger partial charge is 0.466 e. The summed E-state index contributed by atoms with van der Waals surface area (Å²) in [5, 5.41) is 10.4. The zero-order valence-corrected chi connectivity index (χ0v) is 13.9. The third-order valence-electron chi connectivity index (χ3n) is 4.29. The normalized spacial score (nSPS) is 17.5. The van der Waals surface area contributed by atoms with Crippen molar-refractivity contribution < 1.29 is 17.9 Å². The lowest BCUT2D eigenvalue weighted by molar-refractivity contribution is 0.0395. The van der Waals surface area contributed by atoms with E-state index in [2.05, 4.69) is 4.72 Å². The molecule has 1 aromatic heterocycles. The molecule has 2 N–H and O–H groups in total. The average molecular weight is 335 g/mol. The van der Waals surface area contributed by atoms with Crippen molar-refractivity contribution in [3.05, 3.63) is 53.5 Å². The number of rotatable bonds is 5. The lowest BCUT2D eigenvalue weighted by atomic mass is 9.92. The Morgan fingerprint density at radius 3 is 2.65 bits per heavy atom. The van der Waals surface area contributed by atoms with Gasteiger partial charge in [-0.25, -0.2) is 13.1 Å². The van der Waals surface area contributed by atoms with Crippen LogP contribution < -0.4 is 4.72 Å². The van der Waals surface area contributed by atoms with E-state index in [0.717, 1.165) is 31.2 Å². The van der Waals surface area contributed by atoms with Gasteiger partial charge in [0.15, 0.2) is 0 Å². The van der Waals surface area contributed by atoms with Gasteiger partial charge in [-0.05, 0) is 68.0 Å². The van der Waals surface area contributed by atoms with Crippen LogP contribution in [0.4, 0.5) is 0 Å². The van der Waals surface area contributed by atoms with E-state index in [1.165, 1.54) is 18.8 Å². The van der Waals surface area contributed by atoms with Crippen LogP contribution in [0.1, 0.15) is 36.7 Å². The third kappa shape index (κ3) is 3.49. The van der Waals surface area contributed by atoms with Gasteiger partial charge in [-0.1, -0.05) is 6.07 Å². The zero-order chi connectivity index (χ0) is 16.5. The summed E-state index contributed by atoms with van der Waals surface area (Å²) in [4.78, 5) is 0.244. The van der Waals surface area contributed by atoms with Crippen LogP contribution in [-0.2, 0) is 28.5 Å². The van der Waals surface area contributed by atoms with Gasteiger partial charge in [-0.2, -0.15) is 0 Å². The summed E-state index contributed by atoms with van der Waals surface area (Å²) in [5.41, 5.74) is 0.944. The number of hydrogen-bond acceptors (Lipinski definition) is 4. The lowest BCUT2D eigenvalue weighted by Gasteiger charge is -2.22. The Morgan fingerprint density at radius 2 is 1.96 bits per heavy atom. The molecule has 0 saturated heterocycles. The molecule has 1 aromatic carbocycles. The third-order valence-corrected chi connectivity index (χ3v) is 5.69. The summed E-state index contributed by atoms with van der Waals surface area (Å²) < 4.78 is 32.6. The van der Waals surface area contributed by atoms with Gasteiger partial charge in [-0.3, -0.25) is 0 Å². The van der Waals surface area contributed by atoms with Crippen LogP contribution in [0.2, 0.25) is 0 Å². The number of aliphatic hydroxyl groups is 1. The molecule has 6 heteroatoms. The molecule has 1 atom stereocenters. The smallest absolute Gasteiger partial charge is 0.240 e. The first kappa shape index (κ1) is 16.2. The van der Waals surface area contributed by atoms with Gasteiger partial charge in [0.2, 0.25) is 10.0 Å². The van der Waals surface area contributed by atoms with E-state index in [1.54, 1.807) is 24.3 Å². The molecule has 5 nitrogen and oxygen atoms in total. The minimum atomic E-state index is -3.67. The molecular formula is C17H21NO4S. The van der Waals surface area contributed by atoms with Gasteiger partial charge in [-0.15, -0.1) is 0 Å². The Bertz CT molecular complexity index is 779. The number of fused-ring (bicyclic) bond motifs is 1. The maximum atomic E-state index is 12.5. The maximum absolute atomic E-state index is 12.5. The maximum Gasteiger partial charge on any atom is 0.240 e.